The third kappa shape index (κ3) is 24.4. The Balaban J connectivity index is 3.54. The Hall–Kier alpha value is -0.570. The fourth-order valence-electron chi connectivity index (χ4n) is 4.75. The second-order valence-electron chi connectivity index (χ2n) is 10.3. The summed E-state index contributed by atoms with van der Waals surface area (Å²) in [5, 5.41) is 9.30. The predicted molar refractivity (Wildman–Crippen MR) is 146 cm³/mol. The van der Waals surface area contributed by atoms with Crippen molar-refractivity contribution >= 4 is 5.91 Å². The highest BCUT2D eigenvalue weighted by Gasteiger charge is 2.11. The minimum absolute atomic E-state index is 0.0823. The van der Waals surface area contributed by atoms with E-state index in [0.717, 1.165) is 25.9 Å². The fourth-order valence-corrected chi connectivity index (χ4v) is 4.75. The molecular formula is C30H61NO2. The second-order valence-corrected chi connectivity index (χ2v) is 10.3. The van der Waals surface area contributed by atoms with E-state index in [2.05, 4.69) is 13.8 Å². The summed E-state index contributed by atoms with van der Waals surface area (Å²) in [6.07, 6.45) is 32.1. The molecule has 1 N–H and O–H groups in total. The van der Waals surface area contributed by atoms with Crippen LogP contribution in [0.1, 0.15) is 168 Å². The van der Waals surface area contributed by atoms with E-state index in [1.165, 1.54) is 141 Å². The summed E-state index contributed by atoms with van der Waals surface area (Å²) in [5.41, 5.74) is 0. The molecule has 0 aliphatic heterocycles. The summed E-state index contributed by atoms with van der Waals surface area (Å²) in [6, 6.07) is 0. The van der Waals surface area contributed by atoms with Gasteiger partial charge in [0.05, 0.1) is 0 Å². The number of unbranched alkanes of at least 4 members (excludes halogenated alkanes) is 22. The Morgan fingerprint density at radius 1 is 0.455 bits per heavy atom. The van der Waals surface area contributed by atoms with Crippen molar-refractivity contribution in [3.05, 3.63) is 0 Å². The lowest BCUT2D eigenvalue weighted by Gasteiger charge is -2.22. The van der Waals surface area contributed by atoms with E-state index in [9.17, 15) is 9.90 Å². The number of aliphatic hydroxyl groups excluding tert-OH is 1. The topological polar surface area (TPSA) is 40.5 Å². The normalized spacial score (nSPS) is 11.2. The van der Waals surface area contributed by atoms with Gasteiger partial charge in [-0.3, -0.25) is 4.79 Å². The average molecular weight is 468 g/mol. The van der Waals surface area contributed by atoms with Gasteiger partial charge in [0.1, 0.15) is 6.61 Å². The Kier molecular flexibility index (Phi) is 27.2. The van der Waals surface area contributed by atoms with E-state index in [4.69, 9.17) is 0 Å². The van der Waals surface area contributed by atoms with Crippen molar-refractivity contribution in [2.45, 2.75) is 168 Å². The SMILES string of the molecule is CCCCCCCCCCCCCCN(CCCCCCCCCCCCCC)C(=O)CO. The number of carbonyl (C=O) groups excluding carboxylic acids is 1. The molecule has 1 amide bonds. The molecular weight excluding hydrogens is 406 g/mol. The Bertz CT molecular complexity index is 357. The first-order chi connectivity index (χ1) is 16.3. The summed E-state index contributed by atoms with van der Waals surface area (Å²) in [6.45, 7) is 5.87. The summed E-state index contributed by atoms with van der Waals surface area (Å²) < 4.78 is 0. The molecule has 33 heavy (non-hydrogen) atoms. The van der Waals surface area contributed by atoms with Crippen molar-refractivity contribution in [1.29, 1.82) is 0 Å². The summed E-state index contributed by atoms with van der Waals surface area (Å²) >= 11 is 0. The molecule has 0 saturated carbocycles. The molecule has 0 spiro atoms. The lowest BCUT2D eigenvalue weighted by molar-refractivity contribution is -0.134. The lowest BCUT2D eigenvalue weighted by Crippen LogP contribution is -2.35. The quantitative estimate of drug-likeness (QED) is 0.122. The number of amides is 1. The van der Waals surface area contributed by atoms with E-state index < -0.39 is 0 Å². The van der Waals surface area contributed by atoms with Gasteiger partial charge in [-0.15, -0.1) is 0 Å². The first-order valence-electron chi connectivity index (χ1n) is 15.1. The Labute approximate surface area is 208 Å². The molecule has 198 valence electrons. The van der Waals surface area contributed by atoms with Gasteiger partial charge < -0.3 is 10.0 Å². The number of hydrogen-bond donors (Lipinski definition) is 1. The van der Waals surface area contributed by atoms with E-state index >= 15 is 0 Å². The van der Waals surface area contributed by atoms with Gasteiger partial charge in [0.2, 0.25) is 5.91 Å². The lowest BCUT2D eigenvalue weighted by atomic mass is 10.0. The molecule has 3 nitrogen and oxygen atoms in total. The maximum Gasteiger partial charge on any atom is 0.248 e. The van der Waals surface area contributed by atoms with Gasteiger partial charge >= 0.3 is 0 Å². The van der Waals surface area contributed by atoms with Crippen molar-refractivity contribution in [3.63, 3.8) is 0 Å². The summed E-state index contributed by atoms with van der Waals surface area (Å²) in [5.74, 6) is -0.0823. The van der Waals surface area contributed by atoms with Gasteiger partial charge in [-0.1, -0.05) is 155 Å². The van der Waals surface area contributed by atoms with Crippen molar-refractivity contribution in [2.24, 2.45) is 0 Å². The smallest absolute Gasteiger partial charge is 0.248 e. The third-order valence-electron chi connectivity index (χ3n) is 7.05. The molecule has 0 aliphatic rings. The monoisotopic (exact) mass is 467 g/mol. The van der Waals surface area contributed by atoms with Crippen LogP contribution >= 0.6 is 0 Å². The number of nitrogens with zero attached hydrogens (tertiary/aromatic N) is 1. The van der Waals surface area contributed by atoms with Crippen LogP contribution in [-0.4, -0.2) is 35.6 Å². The Morgan fingerprint density at radius 2 is 0.697 bits per heavy atom. The van der Waals surface area contributed by atoms with Crippen molar-refractivity contribution in [1.82, 2.24) is 4.90 Å². The van der Waals surface area contributed by atoms with Gasteiger partial charge in [0.25, 0.3) is 0 Å². The highest BCUT2D eigenvalue weighted by Crippen LogP contribution is 2.14. The molecule has 0 atom stereocenters. The Morgan fingerprint density at radius 3 is 0.939 bits per heavy atom. The summed E-state index contributed by atoms with van der Waals surface area (Å²) in [4.78, 5) is 14.0. The minimum Gasteiger partial charge on any atom is -0.387 e. The van der Waals surface area contributed by atoms with Gasteiger partial charge in [0, 0.05) is 13.1 Å². The highest BCUT2D eigenvalue weighted by molar-refractivity contribution is 5.77. The zero-order valence-corrected chi connectivity index (χ0v) is 22.9. The molecule has 0 bridgehead atoms. The van der Waals surface area contributed by atoms with Crippen molar-refractivity contribution in [3.8, 4) is 0 Å². The van der Waals surface area contributed by atoms with Crippen LogP contribution in [0.15, 0.2) is 0 Å². The number of carbonyl (C=O) groups is 1. The molecule has 0 aromatic rings. The molecule has 0 aliphatic carbocycles. The van der Waals surface area contributed by atoms with Gasteiger partial charge in [-0.2, -0.15) is 0 Å². The van der Waals surface area contributed by atoms with E-state index in [1.54, 1.807) is 0 Å². The fraction of sp³-hybridized carbons (Fsp3) is 0.967. The van der Waals surface area contributed by atoms with E-state index in [-0.39, 0.29) is 12.5 Å². The van der Waals surface area contributed by atoms with Crippen LogP contribution in [0.25, 0.3) is 0 Å². The molecule has 0 radical (unpaired) electrons. The van der Waals surface area contributed by atoms with Crippen LogP contribution in [0.4, 0.5) is 0 Å². The first kappa shape index (κ1) is 32.4. The van der Waals surface area contributed by atoms with Crippen LogP contribution in [0, 0.1) is 0 Å². The molecule has 0 aromatic carbocycles. The number of hydrogen-bond acceptors (Lipinski definition) is 2. The first-order valence-corrected chi connectivity index (χ1v) is 15.1. The van der Waals surface area contributed by atoms with E-state index in [1.807, 2.05) is 4.90 Å². The zero-order valence-electron chi connectivity index (χ0n) is 22.9. The third-order valence-corrected chi connectivity index (χ3v) is 7.05. The van der Waals surface area contributed by atoms with Gasteiger partial charge in [0.15, 0.2) is 0 Å². The molecule has 0 rings (SSSR count). The molecule has 0 heterocycles. The number of rotatable bonds is 27. The largest absolute Gasteiger partial charge is 0.387 e. The maximum absolute atomic E-state index is 12.1. The second kappa shape index (κ2) is 27.7. The average Bonchev–Trinajstić information content (AvgIpc) is 2.83. The number of aliphatic hydroxyl groups is 1. The molecule has 0 aromatic heterocycles. The van der Waals surface area contributed by atoms with Crippen LogP contribution in [-0.2, 0) is 4.79 Å². The molecule has 0 unspecified atom stereocenters. The standard InChI is InChI=1S/C30H61NO2/c1-3-5-7-9-11-13-15-17-19-21-23-25-27-31(30(33)29-32)28-26-24-22-20-18-16-14-12-10-8-6-4-2/h32H,3-29H2,1-2H3. The van der Waals surface area contributed by atoms with Crippen LogP contribution in [0.2, 0.25) is 0 Å². The van der Waals surface area contributed by atoms with Crippen LogP contribution < -0.4 is 0 Å². The van der Waals surface area contributed by atoms with Crippen molar-refractivity contribution in [2.75, 3.05) is 19.7 Å². The van der Waals surface area contributed by atoms with Gasteiger partial charge in [-0.05, 0) is 12.8 Å². The maximum atomic E-state index is 12.1. The minimum atomic E-state index is -0.337. The molecule has 3 heteroatoms. The molecule has 0 saturated heterocycles. The predicted octanol–water partition coefficient (Wildman–Crippen LogP) is 9.21. The van der Waals surface area contributed by atoms with Crippen LogP contribution in [0.5, 0.6) is 0 Å². The van der Waals surface area contributed by atoms with Crippen molar-refractivity contribution < 1.29 is 9.90 Å². The molecule has 0 fully saturated rings. The summed E-state index contributed by atoms with van der Waals surface area (Å²) in [7, 11) is 0. The zero-order chi connectivity index (χ0) is 24.2. The van der Waals surface area contributed by atoms with Gasteiger partial charge in [-0.25, -0.2) is 0 Å². The van der Waals surface area contributed by atoms with Crippen LogP contribution in [0.3, 0.4) is 0 Å². The van der Waals surface area contributed by atoms with E-state index in [0.29, 0.717) is 0 Å². The highest BCUT2D eigenvalue weighted by atomic mass is 16.3.